The van der Waals surface area contributed by atoms with Crippen molar-refractivity contribution in [2.45, 2.75) is 26.3 Å². The Bertz CT molecular complexity index is 404. The first kappa shape index (κ1) is 13.4. The molecule has 1 aromatic rings. The topological polar surface area (TPSA) is 95.4 Å². The fourth-order valence-corrected chi connectivity index (χ4v) is 1.73. The Morgan fingerprint density at radius 2 is 2.24 bits per heavy atom. The van der Waals surface area contributed by atoms with Crippen molar-refractivity contribution >= 4 is 28.5 Å². The molecule has 0 atom stereocenters. The maximum Gasteiger partial charge on any atom is 0.329 e. The normalized spacial score (nSPS) is 11.0. The predicted molar refractivity (Wildman–Crippen MR) is 63.0 cm³/mol. The van der Waals surface area contributed by atoms with Crippen LogP contribution in [0.25, 0.3) is 0 Å². The maximum absolute atomic E-state index is 11.9. The predicted octanol–water partition coefficient (Wildman–Crippen LogP) is 1.26. The van der Waals surface area contributed by atoms with Gasteiger partial charge in [-0.05, 0) is 20.8 Å². The second kappa shape index (κ2) is 5.09. The summed E-state index contributed by atoms with van der Waals surface area (Å²) in [6.45, 7) is 4.94. The molecule has 7 nitrogen and oxygen atoms in total. The number of aromatic nitrogens is 2. The van der Waals surface area contributed by atoms with Gasteiger partial charge in [-0.3, -0.25) is 5.32 Å². The standard InChI is InChI=1S/C9H14N4O3S/c1-4-13(9(2,3)6(14)15)8(16)11-7-12-10-5-17-7/h5H,4H2,1-3H3,(H,14,15)(H,11,12,16). The Hall–Kier alpha value is -1.70. The molecule has 0 unspecified atom stereocenters. The van der Waals surface area contributed by atoms with Gasteiger partial charge in [-0.15, -0.1) is 10.2 Å². The number of anilines is 1. The van der Waals surface area contributed by atoms with E-state index in [0.29, 0.717) is 5.13 Å². The van der Waals surface area contributed by atoms with Crippen LogP contribution in [0.2, 0.25) is 0 Å². The van der Waals surface area contributed by atoms with Crippen molar-refractivity contribution < 1.29 is 14.7 Å². The van der Waals surface area contributed by atoms with Crippen LogP contribution in [0.1, 0.15) is 20.8 Å². The van der Waals surface area contributed by atoms with Gasteiger partial charge in [0.1, 0.15) is 11.0 Å². The molecule has 0 saturated heterocycles. The first-order chi connectivity index (χ1) is 7.89. The van der Waals surface area contributed by atoms with E-state index in [9.17, 15) is 9.59 Å². The molecule has 2 N–H and O–H groups in total. The van der Waals surface area contributed by atoms with Crippen molar-refractivity contribution in [1.29, 1.82) is 0 Å². The van der Waals surface area contributed by atoms with Crippen molar-refractivity contribution in [1.82, 2.24) is 15.1 Å². The van der Waals surface area contributed by atoms with Crippen molar-refractivity contribution in [3.63, 3.8) is 0 Å². The van der Waals surface area contributed by atoms with E-state index >= 15 is 0 Å². The van der Waals surface area contributed by atoms with Crippen LogP contribution in [0.4, 0.5) is 9.93 Å². The second-order valence-corrected chi connectivity index (χ2v) is 4.62. The lowest BCUT2D eigenvalue weighted by Gasteiger charge is -2.33. The second-order valence-electron chi connectivity index (χ2n) is 3.78. The highest BCUT2D eigenvalue weighted by molar-refractivity contribution is 7.13. The van der Waals surface area contributed by atoms with E-state index in [0.717, 1.165) is 0 Å². The van der Waals surface area contributed by atoms with Crippen molar-refractivity contribution in [3.8, 4) is 0 Å². The minimum Gasteiger partial charge on any atom is -0.480 e. The lowest BCUT2D eigenvalue weighted by atomic mass is 10.0. The van der Waals surface area contributed by atoms with Crippen molar-refractivity contribution in [2.75, 3.05) is 11.9 Å². The zero-order chi connectivity index (χ0) is 13.1. The van der Waals surface area contributed by atoms with Crippen LogP contribution in [-0.2, 0) is 4.79 Å². The Morgan fingerprint density at radius 3 is 2.65 bits per heavy atom. The number of hydrogen-bond donors (Lipinski definition) is 2. The molecule has 0 fully saturated rings. The summed E-state index contributed by atoms with van der Waals surface area (Å²) < 4.78 is 0. The van der Waals surface area contributed by atoms with E-state index in [1.54, 1.807) is 6.92 Å². The molecule has 1 aromatic heterocycles. The van der Waals surface area contributed by atoms with Crippen LogP contribution < -0.4 is 5.32 Å². The molecule has 0 saturated carbocycles. The van der Waals surface area contributed by atoms with Crippen molar-refractivity contribution in [3.05, 3.63) is 5.51 Å². The van der Waals surface area contributed by atoms with Gasteiger partial charge in [0.2, 0.25) is 5.13 Å². The SMILES string of the molecule is CCN(C(=O)Nc1nncs1)C(C)(C)C(=O)O. The third kappa shape index (κ3) is 2.90. The Balaban J connectivity index is 2.81. The van der Waals surface area contributed by atoms with Gasteiger partial charge in [0, 0.05) is 6.54 Å². The molecule has 1 heterocycles. The first-order valence-electron chi connectivity index (χ1n) is 4.97. The molecule has 1 rings (SSSR count). The molecule has 0 aromatic carbocycles. The van der Waals surface area contributed by atoms with Crippen LogP contribution in [-0.4, -0.2) is 44.3 Å². The highest BCUT2D eigenvalue weighted by Crippen LogP contribution is 2.17. The monoisotopic (exact) mass is 258 g/mol. The Kier molecular flexibility index (Phi) is 4.00. The van der Waals surface area contributed by atoms with E-state index in [1.807, 2.05) is 0 Å². The Labute approximate surface area is 102 Å². The quantitative estimate of drug-likeness (QED) is 0.847. The number of nitrogens with one attached hydrogen (secondary N) is 1. The molecule has 0 spiro atoms. The smallest absolute Gasteiger partial charge is 0.329 e. The van der Waals surface area contributed by atoms with E-state index in [-0.39, 0.29) is 6.54 Å². The number of aliphatic carboxylic acids is 1. The molecule has 8 heteroatoms. The van der Waals surface area contributed by atoms with Crippen LogP contribution in [0, 0.1) is 0 Å². The molecule has 0 aliphatic heterocycles. The van der Waals surface area contributed by atoms with Crippen LogP contribution in [0.3, 0.4) is 0 Å². The van der Waals surface area contributed by atoms with Gasteiger partial charge < -0.3 is 10.0 Å². The number of carbonyl (C=O) groups excluding carboxylic acids is 1. The van der Waals surface area contributed by atoms with Gasteiger partial charge >= 0.3 is 12.0 Å². The summed E-state index contributed by atoms with van der Waals surface area (Å²) in [5.41, 5.74) is 0.206. The van der Waals surface area contributed by atoms with Gasteiger partial charge in [-0.1, -0.05) is 11.3 Å². The summed E-state index contributed by atoms with van der Waals surface area (Å²) in [6.07, 6.45) is 0. The van der Waals surface area contributed by atoms with Crippen LogP contribution in [0.5, 0.6) is 0 Å². The van der Waals surface area contributed by atoms with Crippen LogP contribution >= 0.6 is 11.3 Å². The van der Waals surface area contributed by atoms with E-state index < -0.39 is 17.5 Å². The number of rotatable bonds is 4. The molecule has 0 aliphatic carbocycles. The molecule has 2 amide bonds. The summed E-state index contributed by atoms with van der Waals surface area (Å²) in [5.74, 6) is -1.06. The summed E-state index contributed by atoms with van der Waals surface area (Å²) in [4.78, 5) is 24.2. The lowest BCUT2D eigenvalue weighted by molar-refractivity contribution is -0.147. The van der Waals surface area contributed by atoms with E-state index in [2.05, 4.69) is 15.5 Å². The number of amides is 2. The molecular formula is C9H14N4O3S. The zero-order valence-electron chi connectivity index (χ0n) is 9.80. The van der Waals surface area contributed by atoms with Crippen molar-refractivity contribution in [2.24, 2.45) is 0 Å². The fraction of sp³-hybridized carbons (Fsp3) is 0.556. The number of carboxylic acids is 1. The van der Waals surface area contributed by atoms with E-state index in [4.69, 9.17) is 5.11 Å². The lowest BCUT2D eigenvalue weighted by Crippen LogP contribution is -2.54. The number of hydrogen-bond acceptors (Lipinski definition) is 5. The fourth-order valence-electron chi connectivity index (χ4n) is 1.29. The highest BCUT2D eigenvalue weighted by atomic mass is 32.1. The first-order valence-corrected chi connectivity index (χ1v) is 5.85. The van der Waals surface area contributed by atoms with Crippen LogP contribution in [0.15, 0.2) is 5.51 Å². The number of likely N-dealkylation sites (N-methyl/N-ethyl adjacent to an activating group) is 1. The number of carboxylic acid groups (broad SMARTS) is 1. The molecule has 17 heavy (non-hydrogen) atoms. The van der Waals surface area contributed by atoms with E-state index in [1.165, 1.54) is 35.6 Å². The minimum absolute atomic E-state index is 0.282. The number of nitrogens with zero attached hydrogens (tertiary/aromatic N) is 3. The average Bonchev–Trinajstić information content (AvgIpc) is 2.70. The molecular weight excluding hydrogens is 244 g/mol. The highest BCUT2D eigenvalue weighted by Gasteiger charge is 2.37. The number of urea groups is 1. The molecule has 94 valence electrons. The third-order valence-corrected chi connectivity index (χ3v) is 2.94. The molecule has 0 aliphatic rings. The maximum atomic E-state index is 11.9. The summed E-state index contributed by atoms with van der Waals surface area (Å²) in [6, 6.07) is -0.503. The van der Waals surface area contributed by atoms with Gasteiger partial charge in [0.05, 0.1) is 0 Å². The van der Waals surface area contributed by atoms with Gasteiger partial charge in [0.25, 0.3) is 0 Å². The molecule has 0 bridgehead atoms. The largest absolute Gasteiger partial charge is 0.480 e. The zero-order valence-corrected chi connectivity index (χ0v) is 10.6. The average molecular weight is 258 g/mol. The van der Waals surface area contributed by atoms with Gasteiger partial charge in [0.15, 0.2) is 0 Å². The minimum atomic E-state index is -1.27. The number of carbonyl (C=O) groups is 2. The van der Waals surface area contributed by atoms with Gasteiger partial charge in [-0.25, -0.2) is 9.59 Å². The summed E-state index contributed by atoms with van der Waals surface area (Å²) in [5, 5.41) is 19.2. The van der Waals surface area contributed by atoms with Gasteiger partial charge in [-0.2, -0.15) is 0 Å². The third-order valence-electron chi connectivity index (χ3n) is 2.33. The molecule has 0 radical (unpaired) electrons. The summed E-state index contributed by atoms with van der Waals surface area (Å²) in [7, 11) is 0. The summed E-state index contributed by atoms with van der Waals surface area (Å²) >= 11 is 1.17. The Morgan fingerprint density at radius 1 is 1.59 bits per heavy atom.